The number of rotatable bonds is 3. The van der Waals surface area contributed by atoms with Crippen LogP contribution in [0.2, 0.25) is 0 Å². The topological polar surface area (TPSA) is 52.6 Å². The van der Waals surface area contributed by atoms with Crippen molar-refractivity contribution >= 4 is 11.9 Å². The van der Waals surface area contributed by atoms with E-state index in [4.69, 9.17) is 9.47 Å². The fraction of sp³-hybridized carbons (Fsp3) is 0.692. The molecule has 4 heteroatoms. The molecule has 94 valence electrons. The van der Waals surface area contributed by atoms with Crippen LogP contribution in [0, 0.1) is 17.3 Å². The van der Waals surface area contributed by atoms with Crippen molar-refractivity contribution in [3.8, 4) is 0 Å². The number of hydrogen-bond acceptors (Lipinski definition) is 4. The Labute approximate surface area is 101 Å². The fourth-order valence-electron chi connectivity index (χ4n) is 2.49. The van der Waals surface area contributed by atoms with Crippen molar-refractivity contribution in [1.29, 1.82) is 0 Å². The van der Waals surface area contributed by atoms with Gasteiger partial charge < -0.3 is 9.47 Å². The molecule has 0 bridgehead atoms. The van der Waals surface area contributed by atoms with E-state index in [1.165, 1.54) is 0 Å². The van der Waals surface area contributed by atoms with Gasteiger partial charge in [0.25, 0.3) is 0 Å². The molecule has 2 atom stereocenters. The molecule has 0 unspecified atom stereocenters. The molecule has 2 rings (SSSR count). The van der Waals surface area contributed by atoms with Gasteiger partial charge in [0.05, 0.1) is 19.1 Å². The van der Waals surface area contributed by atoms with Crippen LogP contribution in [-0.4, -0.2) is 25.2 Å². The van der Waals surface area contributed by atoms with Crippen molar-refractivity contribution in [1.82, 2.24) is 0 Å². The Kier molecular flexibility index (Phi) is 2.98. The minimum absolute atomic E-state index is 0.0993. The van der Waals surface area contributed by atoms with Gasteiger partial charge in [-0.1, -0.05) is 19.9 Å². The third-order valence-corrected chi connectivity index (χ3v) is 3.70. The molecule has 0 N–H and O–H groups in total. The average molecular weight is 238 g/mol. The van der Waals surface area contributed by atoms with Gasteiger partial charge in [-0.25, -0.2) is 4.79 Å². The average Bonchev–Trinajstić information content (AvgIpc) is 2.56. The van der Waals surface area contributed by atoms with Crippen molar-refractivity contribution < 1.29 is 19.1 Å². The minimum Gasteiger partial charge on any atom is -0.466 e. The van der Waals surface area contributed by atoms with Crippen LogP contribution in [0.3, 0.4) is 0 Å². The molecule has 0 aromatic rings. The van der Waals surface area contributed by atoms with Crippen molar-refractivity contribution in [2.45, 2.75) is 27.2 Å². The summed E-state index contributed by atoms with van der Waals surface area (Å²) < 4.78 is 9.92. The van der Waals surface area contributed by atoms with Gasteiger partial charge in [0.2, 0.25) is 0 Å². The first-order chi connectivity index (χ1) is 7.98. The fourth-order valence-corrected chi connectivity index (χ4v) is 2.49. The van der Waals surface area contributed by atoms with Crippen LogP contribution in [0.15, 0.2) is 11.6 Å². The van der Waals surface area contributed by atoms with Crippen LogP contribution < -0.4 is 0 Å². The largest absolute Gasteiger partial charge is 0.466 e. The van der Waals surface area contributed by atoms with Crippen molar-refractivity contribution in [2.75, 3.05) is 13.2 Å². The molecular formula is C13H18O4. The first-order valence-corrected chi connectivity index (χ1v) is 6.03. The summed E-state index contributed by atoms with van der Waals surface area (Å²) in [4.78, 5) is 23.1. The molecule has 1 aliphatic carbocycles. The summed E-state index contributed by atoms with van der Waals surface area (Å²) in [6, 6.07) is 0. The van der Waals surface area contributed by atoms with Gasteiger partial charge in [-0.2, -0.15) is 0 Å². The van der Waals surface area contributed by atoms with E-state index in [2.05, 4.69) is 0 Å². The molecule has 0 amide bonds. The molecular weight excluding hydrogens is 220 g/mol. The summed E-state index contributed by atoms with van der Waals surface area (Å²) >= 11 is 0. The second kappa shape index (κ2) is 4.17. The SMILES string of the molecule is CCOC(=O)[C@@H]1[C@H](C=C2CCOC2=O)C1(C)C. The van der Waals surface area contributed by atoms with Gasteiger partial charge >= 0.3 is 11.9 Å². The lowest BCUT2D eigenvalue weighted by Crippen LogP contribution is -2.10. The normalized spacial score (nSPS) is 32.4. The molecule has 0 spiro atoms. The number of cyclic esters (lactones) is 1. The molecule has 2 aliphatic rings. The number of carbonyl (C=O) groups excluding carboxylic acids is 2. The molecule has 1 heterocycles. The summed E-state index contributed by atoms with van der Waals surface area (Å²) in [6.07, 6.45) is 2.55. The molecule has 0 radical (unpaired) electrons. The van der Waals surface area contributed by atoms with E-state index < -0.39 is 0 Å². The van der Waals surface area contributed by atoms with Crippen LogP contribution in [-0.2, 0) is 19.1 Å². The third kappa shape index (κ3) is 2.08. The van der Waals surface area contributed by atoms with Crippen molar-refractivity contribution in [3.05, 3.63) is 11.6 Å². The highest BCUT2D eigenvalue weighted by atomic mass is 16.5. The van der Waals surface area contributed by atoms with Crippen LogP contribution in [0.5, 0.6) is 0 Å². The van der Waals surface area contributed by atoms with E-state index in [0.717, 1.165) is 0 Å². The van der Waals surface area contributed by atoms with Crippen LogP contribution in [0.1, 0.15) is 27.2 Å². The maximum absolute atomic E-state index is 11.7. The highest BCUT2D eigenvalue weighted by Gasteiger charge is 2.61. The number of allylic oxidation sites excluding steroid dienone is 1. The standard InChI is InChI=1S/C13H18O4/c1-4-16-12(15)10-9(13(10,2)3)7-8-5-6-17-11(8)14/h7,9-10H,4-6H2,1-3H3/t9-,10-/m0/s1. The Balaban J connectivity index is 2.08. The summed E-state index contributed by atoms with van der Waals surface area (Å²) in [7, 11) is 0. The second-order valence-corrected chi connectivity index (χ2v) is 5.15. The monoisotopic (exact) mass is 238 g/mol. The lowest BCUT2D eigenvalue weighted by Gasteiger charge is -2.01. The predicted molar refractivity (Wildman–Crippen MR) is 61.1 cm³/mol. The molecule has 0 aromatic heterocycles. The molecule has 1 aliphatic heterocycles. The Bertz CT molecular complexity index is 381. The quantitative estimate of drug-likeness (QED) is 0.554. The van der Waals surface area contributed by atoms with Gasteiger partial charge in [0, 0.05) is 12.0 Å². The maximum atomic E-state index is 11.7. The maximum Gasteiger partial charge on any atom is 0.333 e. The van der Waals surface area contributed by atoms with Crippen molar-refractivity contribution in [3.63, 3.8) is 0 Å². The van der Waals surface area contributed by atoms with E-state index >= 15 is 0 Å². The number of hydrogen-bond donors (Lipinski definition) is 0. The Morgan fingerprint density at radius 3 is 2.82 bits per heavy atom. The predicted octanol–water partition coefficient (Wildman–Crippen LogP) is 1.70. The zero-order valence-corrected chi connectivity index (χ0v) is 10.5. The van der Waals surface area contributed by atoms with Crippen LogP contribution in [0.25, 0.3) is 0 Å². The van der Waals surface area contributed by atoms with E-state index in [1.54, 1.807) is 6.92 Å². The second-order valence-electron chi connectivity index (χ2n) is 5.15. The summed E-state index contributed by atoms with van der Waals surface area (Å²) in [5, 5.41) is 0. The molecule has 0 aromatic carbocycles. The lowest BCUT2D eigenvalue weighted by molar-refractivity contribution is -0.145. The van der Waals surface area contributed by atoms with E-state index in [0.29, 0.717) is 25.2 Å². The third-order valence-electron chi connectivity index (χ3n) is 3.70. The Morgan fingerprint density at radius 1 is 1.59 bits per heavy atom. The Hall–Kier alpha value is -1.32. The first-order valence-electron chi connectivity index (χ1n) is 6.03. The number of carbonyl (C=O) groups is 2. The highest BCUT2D eigenvalue weighted by molar-refractivity contribution is 5.90. The minimum atomic E-state index is -0.240. The summed E-state index contributed by atoms with van der Waals surface area (Å²) in [6.45, 7) is 6.71. The first kappa shape index (κ1) is 12.1. The Morgan fingerprint density at radius 2 is 2.29 bits per heavy atom. The zero-order chi connectivity index (χ0) is 12.6. The van der Waals surface area contributed by atoms with Gasteiger partial charge in [0.1, 0.15) is 0 Å². The van der Waals surface area contributed by atoms with E-state index in [1.807, 2.05) is 19.9 Å². The van der Waals surface area contributed by atoms with Gasteiger partial charge in [-0.3, -0.25) is 4.79 Å². The van der Waals surface area contributed by atoms with Gasteiger partial charge in [-0.15, -0.1) is 0 Å². The van der Waals surface area contributed by atoms with E-state index in [9.17, 15) is 9.59 Å². The number of esters is 2. The number of ether oxygens (including phenoxy) is 2. The lowest BCUT2D eigenvalue weighted by atomic mass is 10.1. The molecule has 1 saturated carbocycles. The highest BCUT2D eigenvalue weighted by Crippen LogP contribution is 2.60. The summed E-state index contributed by atoms with van der Waals surface area (Å²) in [5.74, 6) is -0.424. The van der Waals surface area contributed by atoms with Gasteiger partial charge in [-0.05, 0) is 18.3 Å². The van der Waals surface area contributed by atoms with Crippen molar-refractivity contribution in [2.24, 2.45) is 17.3 Å². The van der Waals surface area contributed by atoms with Gasteiger partial charge in [0.15, 0.2) is 0 Å². The molecule has 1 saturated heterocycles. The summed E-state index contributed by atoms with van der Waals surface area (Å²) in [5.41, 5.74) is 0.595. The van der Waals surface area contributed by atoms with Crippen LogP contribution >= 0.6 is 0 Å². The van der Waals surface area contributed by atoms with Crippen LogP contribution in [0.4, 0.5) is 0 Å². The van der Waals surface area contributed by atoms with E-state index in [-0.39, 0.29) is 29.2 Å². The molecule has 17 heavy (non-hydrogen) atoms. The molecule has 2 fully saturated rings. The molecule has 4 nitrogen and oxygen atoms in total. The zero-order valence-electron chi connectivity index (χ0n) is 10.5. The smallest absolute Gasteiger partial charge is 0.333 e.